The summed E-state index contributed by atoms with van der Waals surface area (Å²) in [5.41, 5.74) is 4.43. The average molecular weight is 448 g/mol. The Balaban J connectivity index is 1.71. The van der Waals surface area contributed by atoms with E-state index >= 15 is 0 Å². The molecule has 0 bridgehead atoms. The summed E-state index contributed by atoms with van der Waals surface area (Å²) in [5.74, 6) is -2.30. The van der Waals surface area contributed by atoms with E-state index in [2.05, 4.69) is 39.6 Å². The summed E-state index contributed by atoms with van der Waals surface area (Å²) in [6.45, 7) is 3.07. The summed E-state index contributed by atoms with van der Waals surface area (Å²) in [6, 6.07) is 17.9. The molecule has 0 saturated carbocycles. The van der Waals surface area contributed by atoms with Gasteiger partial charge in [0, 0.05) is 24.6 Å². The Kier molecular flexibility index (Phi) is 6.44. The molecule has 3 N–H and O–H groups in total. The molecule has 0 fully saturated rings. The fourth-order valence-electron chi connectivity index (χ4n) is 4.50. The number of hydrogen-bond acceptors (Lipinski definition) is 5. The highest BCUT2D eigenvalue weighted by Gasteiger charge is 2.38. The van der Waals surface area contributed by atoms with Crippen LogP contribution in [0, 0.1) is 6.92 Å². The van der Waals surface area contributed by atoms with E-state index < -0.39 is 11.7 Å². The van der Waals surface area contributed by atoms with Crippen LogP contribution in [0.1, 0.15) is 41.9 Å². The molecule has 4 rings (SSSR count). The molecule has 1 heterocycles. The van der Waals surface area contributed by atoms with Gasteiger partial charge in [-0.1, -0.05) is 54.6 Å². The molecule has 7 nitrogen and oxygen atoms in total. The average Bonchev–Trinajstić information content (AvgIpc) is 2.81. The quantitative estimate of drug-likeness (QED) is 0.504. The Hall–Kier alpha value is -3.29. The fraction of sp³-hybridized carbons (Fsp3) is 0.346. The van der Waals surface area contributed by atoms with Crippen molar-refractivity contribution in [3.8, 4) is 11.1 Å². The van der Waals surface area contributed by atoms with E-state index in [9.17, 15) is 14.7 Å². The minimum atomic E-state index is -1.95. The first kappa shape index (κ1) is 22.9. The number of aryl methyl sites for hydroxylation is 2. The van der Waals surface area contributed by atoms with Gasteiger partial charge in [-0.2, -0.15) is 0 Å². The summed E-state index contributed by atoms with van der Waals surface area (Å²) in [6.07, 6.45) is 1.72. The minimum absolute atomic E-state index is 0.181. The maximum atomic E-state index is 13.0. The predicted octanol–water partition coefficient (Wildman–Crippen LogP) is 2.86. The zero-order chi connectivity index (χ0) is 23.6. The summed E-state index contributed by atoms with van der Waals surface area (Å²) in [5, 5.41) is 13.1. The van der Waals surface area contributed by atoms with Gasteiger partial charge in [-0.3, -0.25) is 9.59 Å². The van der Waals surface area contributed by atoms with E-state index in [1.807, 2.05) is 30.3 Å². The molecule has 0 spiro atoms. The fourth-order valence-corrected chi connectivity index (χ4v) is 4.50. The van der Waals surface area contributed by atoms with Gasteiger partial charge in [0.1, 0.15) is 5.82 Å². The molecule has 0 saturated heterocycles. The maximum Gasteiger partial charge on any atom is 0.280 e. The van der Waals surface area contributed by atoms with Crippen LogP contribution < -0.4 is 10.9 Å². The van der Waals surface area contributed by atoms with Crippen molar-refractivity contribution in [3.63, 3.8) is 0 Å². The SMILES string of the molecule is COC(C)(O)C(=O)NC1CCc2nc(C)[nH]c(=O)c2C1Cc1cccc(-c2ccccc2)c1. The minimum Gasteiger partial charge on any atom is -0.358 e. The standard InChI is InChI=1S/C26H29N3O4/c1-16-27-22-13-12-21(29-25(31)26(2,32)33-3)20(23(22)24(30)28-16)15-17-8-7-11-19(14-17)18-9-5-4-6-10-18/h4-11,14,20-21,32H,12-13,15H2,1-3H3,(H,29,31)(H,27,28,30). The third-order valence-corrected chi connectivity index (χ3v) is 6.33. The Morgan fingerprint density at radius 2 is 1.94 bits per heavy atom. The molecule has 3 unspecified atom stereocenters. The van der Waals surface area contributed by atoms with E-state index in [0.29, 0.717) is 30.7 Å². The second kappa shape index (κ2) is 9.29. The van der Waals surface area contributed by atoms with Gasteiger partial charge in [0.05, 0.1) is 5.69 Å². The van der Waals surface area contributed by atoms with Crippen LogP contribution in [0.2, 0.25) is 0 Å². The number of aromatic amines is 1. The molecule has 172 valence electrons. The van der Waals surface area contributed by atoms with Crippen molar-refractivity contribution in [1.29, 1.82) is 0 Å². The number of ether oxygens (including phenoxy) is 1. The lowest BCUT2D eigenvalue weighted by molar-refractivity contribution is -0.190. The van der Waals surface area contributed by atoms with Crippen molar-refractivity contribution in [1.82, 2.24) is 15.3 Å². The molecule has 0 aliphatic heterocycles. The molecule has 3 atom stereocenters. The van der Waals surface area contributed by atoms with Gasteiger partial charge in [-0.05, 0) is 49.8 Å². The number of nitrogens with one attached hydrogen (secondary N) is 2. The van der Waals surface area contributed by atoms with E-state index in [-0.39, 0.29) is 17.5 Å². The van der Waals surface area contributed by atoms with Crippen LogP contribution in [-0.2, 0) is 22.4 Å². The molecule has 1 aliphatic carbocycles. The summed E-state index contributed by atoms with van der Waals surface area (Å²) in [4.78, 5) is 33.0. The van der Waals surface area contributed by atoms with Crippen molar-refractivity contribution >= 4 is 5.91 Å². The van der Waals surface area contributed by atoms with Crippen LogP contribution in [0.3, 0.4) is 0 Å². The van der Waals surface area contributed by atoms with Crippen LogP contribution >= 0.6 is 0 Å². The number of hydrogen-bond donors (Lipinski definition) is 3. The molecular formula is C26H29N3O4. The first-order valence-electron chi connectivity index (χ1n) is 11.1. The normalized spacial score (nSPS) is 19.4. The second-order valence-corrected chi connectivity index (χ2v) is 8.69. The molecule has 1 amide bonds. The lowest BCUT2D eigenvalue weighted by Gasteiger charge is -2.35. The topological polar surface area (TPSA) is 104 Å². The van der Waals surface area contributed by atoms with Crippen LogP contribution in [-0.4, -0.2) is 39.9 Å². The van der Waals surface area contributed by atoms with Crippen LogP contribution in [0.5, 0.6) is 0 Å². The molecule has 0 radical (unpaired) electrons. The first-order valence-corrected chi connectivity index (χ1v) is 11.1. The van der Waals surface area contributed by atoms with E-state index in [1.54, 1.807) is 6.92 Å². The number of rotatable bonds is 6. The maximum absolute atomic E-state index is 13.0. The summed E-state index contributed by atoms with van der Waals surface area (Å²) >= 11 is 0. The molecular weight excluding hydrogens is 418 g/mol. The zero-order valence-electron chi connectivity index (χ0n) is 19.1. The Morgan fingerprint density at radius 1 is 1.21 bits per heavy atom. The number of aliphatic hydroxyl groups is 1. The number of methoxy groups -OCH3 is 1. The second-order valence-electron chi connectivity index (χ2n) is 8.69. The van der Waals surface area contributed by atoms with E-state index in [1.165, 1.54) is 14.0 Å². The van der Waals surface area contributed by atoms with Crippen LogP contribution in [0.4, 0.5) is 0 Å². The third kappa shape index (κ3) is 4.89. The van der Waals surface area contributed by atoms with Crippen molar-refractivity contribution in [2.45, 2.75) is 50.9 Å². The summed E-state index contributed by atoms with van der Waals surface area (Å²) in [7, 11) is 1.28. The lowest BCUT2D eigenvalue weighted by Crippen LogP contribution is -2.53. The highest BCUT2D eigenvalue weighted by atomic mass is 16.6. The van der Waals surface area contributed by atoms with Crippen molar-refractivity contribution < 1.29 is 14.6 Å². The molecule has 33 heavy (non-hydrogen) atoms. The number of amides is 1. The van der Waals surface area contributed by atoms with Crippen LogP contribution in [0.15, 0.2) is 59.4 Å². The Morgan fingerprint density at radius 3 is 2.67 bits per heavy atom. The highest BCUT2D eigenvalue weighted by Crippen LogP contribution is 2.33. The van der Waals surface area contributed by atoms with Crippen LogP contribution in [0.25, 0.3) is 11.1 Å². The number of carbonyl (C=O) groups is 1. The molecule has 3 aromatic rings. The van der Waals surface area contributed by atoms with Crippen molar-refractivity contribution in [2.75, 3.05) is 7.11 Å². The molecule has 7 heteroatoms. The molecule has 2 aromatic carbocycles. The van der Waals surface area contributed by atoms with Gasteiger partial charge in [-0.25, -0.2) is 4.98 Å². The van der Waals surface area contributed by atoms with Gasteiger partial charge >= 0.3 is 0 Å². The molecule has 1 aromatic heterocycles. The first-order chi connectivity index (χ1) is 15.8. The van der Waals surface area contributed by atoms with Gasteiger partial charge in [-0.15, -0.1) is 0 Å². The number of aromatic nitrogens is 2. The van der Waals surface area contributed by atoms with Crippen molar-refractivity contribution in [3.05, 3.63) is 87.6 Å². The number of nitrogens with zero attached hydrogens (tertiary/aromatic N) is 1. The third-order valence-electron chi connectivity index (χ3n) is 6.33. The number of fused-ring (bicyclic) bond motifs is 1. The predicted molar refractivity (Wildman–Crippen MR) is 126 cm³/mol. The lowest BCUT2D eigenvalue weighted by atomic mass is 9.78. The van der Waals surface area contributed by atoms with Gasteiger partial charge in [0.15, 0.2) is 0 Å². The smallest absolute Gasteiger partial charge is 0.280 e. The van der Waals surface area contributed by atoms with E-state index in [4.69, 9.17) is 4.74 Å². The summed E-state index contributed by atoms with van der Waals surface area (Å²) < 4.78 is 4.93. The van der Waals surface area contributed by atoms with Gasteiger partial charge in [0.2, 0.25) is 5.79 Å². The molecule has 1 aliphatic rings. The van der Waals surface area contributed by atoms with Crippen molar-refractivity contribution in [2.24, 2.45) is 0 Å². The Labute approximate surface area is 192 Å². The largest absolute Gasteiger partial charge is 0.358 e. The van der Waals surface area contributed by atoms with Gasteiger partial charge < -0.3 is 20.1 Å². The zero-order valence-corrected chi connectivity index (χ0v) is 19.1. The number of carbonyl (C=O) groups excluding carboxylic acids is 1. The number of benzene rings is 2. The number of H-pyrrole nitrogens is 1. The Bertz CT molecular complexity index is 1200. The monoisotopic (exact) mass is 447 g/mol. The highest BCUT2D eigenvalue weighted by molar-refractivity contribution is 5.83. The van der Waals surface area contributed by atoms with E-state index in [0.717, 1.165) is 22.4 Å². The van der Waals surface area contributed by atoms with Gasteiger partial charge in [0.25, 0.3) is 11.5 Å².